The molecule has 96 valence electrons. The van der Waals surface area contributed by atoms with E-state index in [-0.39, 0.29) is 6.10 Å². The molecule has 1 fully saturated rings. The Bertz CT molecular complexity index is 340. The average Bonchev–Trinajstić information content (AvgIpc) is 2.73. The minimum absolute atomic E-state index is 0.0626. The number of likely N-dealkylation sites (N-methyl/N-ethyl adjacent to an activating group) is 1. The van der Waals surface area contributed by atoms with Gasteiger partial charge in [0.15, 0.2) is 0 Å². The van der Waals surface area contributed by atoms with Crippen molar-refractivity contribution in [3.8, 4) is 0 Å². The maximum atomic E-state index is 9.49. The third kappa shape index (κ3) is 3.58. The third-order valence-electron chi connectivity index (χ3n) is 3.80. The van der Waals surface area contributed by atoms with Crippen LogP contribution in [0.5, 0.6) is 0 Å². The fraction of sp³-hybridized carbons (Fsp3) is 0.714. The summed E-state index contributed by atoms with van der Waals surface area (Å²) < 4.78 is 5.57. The highest BCUT2D eigenvalue weighted by Crippen LogP contribution is 2.22. The van der Waals surface area contributed by atoms with Crippen molar-refractivity contribution in [2.24, 2.45) is 0 Å². The van der Waals surface area contributed by atoms with Crippen LogP contribution >= 0.6 is 0 Å². The Labute approximate surface area is 103 Å². The largest absolute Gasteiger partial charge is 0.466 e. The Kier molecular flexibility index (Phi) is 4.24. The van der Waals surface area contributed by atoms with Gasteiger partial charge in [0.1, 0.15) is 11.5 Å². The second kappa shape index (κ2) is 5.69. The summed E-state index contributed by atoms with van der Waals surface area (Å²) in [6.07, 6.45) is 5.06. The van der Waals surface area contributed by atoms with Crippen LogP contribution < -0.4 is 0 Å². The number of aryl methyl sites for hydroxylation is 1. The van der Waals surface area contributed by atoms with E-state index in [4.69, 9.17) is 4.42 Å². The van der Waals surface area contributed by atoms with Crippen molar-refractivity contribution in [3.63, 3.8) is 0 Å². The van der Waals surface area contributed by atoms with E-state index in [1.54, 1.807) is 0 Å². The zero-order chi connectivity index (χ0) is 12.3. The lowest BCUT2D eigenvalue weighted by molar-refractivity contribution is 0.0842. The SMILES string of the molecule is Cc1ccc(CCN(C)C2CCC(O)CC2)o1. The average molecular weight is 237 g/mol. The van der Waals surface area contributed by atoms with E-state index in [0.717, 1.165) is 50.2 Å². The van der Waals surface area contributed by atoms with Crippen LogP contribution in [0.1, 0.15) is 37.2 Å². The minimum atomic E-state index is -0.0626. The molecule has 3 nitrogen and oxygen atoms in total. The third-order valence-corrected chi connectivity index (χ3v) is 3.80. The summed E-state index contributed by atoms with van der Waals surface area (Å²) in [4.78, 5) is 2.41. The first-order chi connectivity index (χ1) is 8.15. The number of aliphatic hydroxyl groups is 1. The Morgan fingerprint density at radius 3 is 2.59 bits per heavy atom. The summed E-state index contributed by atoms with van der Waals surface area (Å²) >= 11 is 0. The van der Waals surface area contributed by atoms with Gasteiger partial charge in [0, 0.05) is 19.0 Å². The first-order valence-corrected chi connectivity index (χ1v) is 6.59. The van der Waals surface area contributed by atoms with Gasteiger partial charge in [-0.2, -0.15) is 0 Å². The van der Waals surface area contributed by atoms with Gasteiger partial charge in [0.25, 0.3) is 0 Å². The maximum Gasteiger partial charge on any atom is 0.105 e. The zero-order valence-corrected chi connectivity index (χ0v) is 10.9. The quantitative estimate of drug-likeness (QED) is 0.873. The predicted molar refractivity (Wildman–Crippen MR) is 68.0 cm³/mol. The van der Waals surface area contributed by atoms with Crippen LogP contribution in [0.3, 0.4) is 0 Å². The fourth-order valence-electron chi connectivity index (χ4n) is 2.59. The number of nitrogens with zero attached hydrogens (tertiary/aromatic N) is 1. The molecule has 0 bridgehead atoms. The molecule has 3 heteroatoms. The van der Waals surface area contributed by atoms with Gasteiger partial charge in [0.2, 0.25) is 0 Å². The van der Waals surface area contributed by atoms with Gasteiger partial charge < -0.3 is 14.4 Å². The maximum absolute atomic E-state index is 9.49. The lowest BCUT2D eigenvalue weighted by Crippen LogP contribution is -2.37. The highest BCUT2D eigenvalue weighted by atomic mass is 16.3. The van der Waals surface area contributed by atoms with E-state index in [0.29, 0.717) is 6.04 Å². The van der Waals surface area contributed by atoms with Crippen molar-refractivity contribution in [2.45, 2.75) is 51.2 Å². The van der Waals surface area contributed by atoms with Crippen LogP contribution in [-0.4, -0.2) is 35.7 Å². The normalized spacial score (nSPS) is 25.4. The molecule has 0 aromatic carbocycles. The Balaban J connectivity index is 1.75. The van der Waals surface area contributed by atoms with E-state index in [9.17, 15) is 5.11 Å². The van der Waals surface area contributed by atoms with E-state index >= 15 is 0 Å². The van der Waals surface area contributed by atoms with Crippen LogP contribution in [0.2, 0.25) is 0 Å². The van der Waals surface area contributed by atoms with E-state index < -0.39 is 0 Å². The standard InChI is InChI=1S/C14H23NO2/c1-11-3-8-14(17-11)9-10-15(2)12-4-6-13(16)7-5-12/h3,8,12-13,16H,4-7,9-10H2,1-2H3. The molecule has 17 heavy (non-hydrogen) atoms. The van der Waals surface area contributed by atoms with E-state index in [1.807, 2.05) is 13.0 Å². The monoisotopic (exact) mass is 237 g/mol. The molecule has 0 unspecified atom stereocenters. The summed E-state index contributed by atoms with van der Waals surface area (Å²) in [5.74, 6) is 2.06. The van der Waals surface area contributed by atoms with Crippen molar-refractivity contribution in [1.29, 1.82) is 0 Å². The smallest absolute Gasteiger partial charge is 0.105 e. The molecule has 1 N–H and O–H groups in total. The van der Waals surface area contributed by atoms with Crippen LogP contribution in [0, 0.1) is 6.92 Å². The van der Waals surface area contributed by atoms with Gasteiger partial charge in [-0.05, 0) is 51.8 Å². The molecule has 1 heterocycles. The van der Waals surface area contributed by atoms with Gasteiger partial charge in [0.05, 0.1) is 6.10 Å². The Morgan fingerprint density at radius 2 is 2.00 bits per heavy atom. The van der Waals surface area contributed by atoms with Crippen molar-refractivity contribution in [3.05, 3.63) is 23.7 Å². The summed E-state index contributed by atoms with van der Waals surface area (Å²) in [7, 11) is 2.18. The van der Waals surface area contributed by atoms with Crippen molar-refractivity contribution in [2.75, 3.05) is 13.6 Å². The van der Waals surface area contributed by atoms with Gasteiger partial charge in [-0.15, -0.1) is 0 Å². The summed E-state index contributed by atoms with van der Waals surface area (Å²) in [5.41, 5.74) is 0. The fourth-order valence-corrected chi connectivity index (χ4v) is 2.59. The number of aliphatic hydroxyl groups excluding tert-OH is 1. The van der Waals surface area contributed by atoms with E-state index in [2.05, 4.69) is 18.0 Å². The highest BCUT2D eigenvalue weighted by molar-refractivity contribution is 5.05. The van der Waals surface area contributed by atoms with Gasteiger partial charge in [-0.3, -0.25) is 0 Å². The first kappa shape index (κ1) is 12.7. The van der Waals surface area contributed by atoms with Crippen molar-refractivity contribution < 1.29 is 9.52 Å². The van der Waals surface area contributed by atoms with Crippen molar-refractivity contribution >= 4 is 0 Å². The minimum Gasteiger partial charge on any atom is -0.466 e. The summed E-state index contributed by atoms with van der Waals surface area (Å²) in [6.45, 7) is 3.02. The van der Waals surface area contributed by atoms with Crippen LogP contribution in [-0.2, 0) is 6.42 Å². The molecule has 0 atom stereocenters. The molecule has 0 radical (unpaired) electrons. The topological polar surface area (TPSA) is 36.6 Å². The van der Waals surface area contributed by atoms with Crippen LogP contribution in [0.25, 0.3) is 0 Å². The number of rotatable bonds is 4. The molecule has 0 saturated heterocycles. The highest BCUT2D eigenvalue weighted by Gasteiger charge is 2.22. The molecule has 0 spiro atoms. The molecule has 1 aliphatic carbocycles. The molecule has 1 aromatic rings. The zero-order valence-electron chi connectivity index (χ0n) is 10.9. The molecule has 1 saturated carbocycles. The molecule has 1 aliphatic rings. The number of hydrogen-bond acceptors (Lipinski definition) is 3. The van der Waals surface area contributed by atoms with Gasteiger partial charge >= 0.3 is 0 Å². The lowest BCUT2D eigenvalue weighted by Gasteiger charge is -2.32. The molecule has 0 aliphatic heterocycles. The van der Waals surface area contributed by atoms with Crippen molar-refractivity contribution in [1.82, 2.24) is 4.90 Å². The van der Waals surface area contributed by atoms with E-state index in [1.165, 1.54) is 0 Å². The second-order valence-corrected chi connectivity index (χ2v) is 5.21. The molecule has 0 amide bonds. The van der Waals surface area contributed by atoms with Crippen LogP contribution in [0.4, 0.5) is 0 Å². The van der Waals surface area contributed by atoms with Gasteiger partial charge in [-0.25, -0.2) is 0 Å². The van der Waals surface area contributed by atoms with Gasteiger partial charge in [-0.1, -0.05) is 0 Å². The number of hydrogen-bond donors (Lipinski definition) is 1. The lowest BCUT2D eigenvalue weighted by atomic mass is 9.92. The molecular weight excluding hydrogens is 214 g/mol. The summed E-state index contributed by atoms with van der Waals surface area (Å²) in [5, 5.41) is 9.49. The first-order valence-electron chi connectivity index (χ1n) is 6.59. The molecule has 1 aromatic heterocycles. The second-order valence-electron chi connectivity index (χ2n) is 5.21. The summed E-state index contributed by atoms with van der Waals surface area (Å²) in [6, 6.07) is 4.72. The van der Waals surface area contributed by atoms with Crippen LogP contribution in [0.15, 0.2) is 16.5 Å². The Morgan fingerprint density at radius 1 is 1.29 bits per heavy atom. The molecule has 2 rings (SSSR count). The predicted octanol–water partition coefficient (Wildman–Crippen LogP) is 2.37. The Hall–Kier alpha value is -0.800. The molecular formula is C14H23NO2. The number of furan rings is 1.